The molecule has 2 aromatic carbocycles. The van der Waals surface area contributed by atoms with E-state index in [9.17, 15) is 18.9 Å². The van der Waals surface area contributed by atoms with Gasteiger partial charge < -0.3 is 9.47 Å². The number of hydrogen-bond acceptors (Lipinski definition) is 4. The van der Waals surface area contributed by atoms with E-state index in [0.29, 0.717) is 5.75 Å². The van der Waals surface area contributed by atoms with E-state index in [-0.39, 0.29) is 30.5 Å². The standard InChI is InChI=1S/C14H11F2NO4/c15-10-1-4-12(5-2-10)20-7-8-21-14-6-3-11(17(18)19)9-13(14)16/h1-6,9H,7-8H2. The number of nitro groups is 1. The van der Waals surface area contributed by atoms with Crippen LogP contribution >= 0.6 is 0 Å². The van der Waals surface area contributed by atoms with Gasteiger partial charge in [-0.1, -0.05) is 0 Å². The molecule has 110 valence electrons. The lowest BCUT2D eigenvalue weighted by molar-refractivity contribution is -0.385. The van der Waals surface area contributed by atoms with Crippen LogP contribution in [0.4, 0.5) is 14.5 Å². The van der Waals surface area contributed by atoms with Gasteiger partial charge in [-0.2, -0.15) is 0 Å². The maximum absolute atomic E-state index is 13.5. The SMILES string of the molecule is O=[N+]([O-])c1ccc(OCCOc2ccc(F)cc2)c(F)c1. The fourth-order valence-corrected chi connectivity index (χ4v) is 1.56. The molecule has 0 spiro atoms. The van der Waals surface area contributed by atoms with E-state index >= 15 is 0 Å². The molecule has 0 aliphatic heterocycles. The van der Waals surface area contributed by atoms with Crippen LogP contribution in [-0.4, -0.2) is 18.1 Å². The summed E-state index contributed by atoms with van der Waals surface area (Å²) < 4.78 is 36.5. The van der Waals surface area contributed by atoms with E-state index in [1.165, 1.54) is 30.3 Å². The van der Waals surface area contributed by atoms with Crippen LogP contribution in [-0.2, 0) is 0 Å². The molecule has 0 saturated heterocycles. The molecule has 0 atom stereocenters. The van der Waals surface area contributed by atoms with Gasteiger partial charge in [-0.25, -0.2) is 8.78 Å². The second-order valence-corrected chi connectivity index (χ2v) is 4.02. The maximum atomic E-state index is 13.5. The molecular formula is C14H11F2NO4. The van der Waals surface area contributed by atoms with E-state index in [1.807, 2.05) is 0 Å². The van der Waals surface area contributed by atoms with Crippen LogP contribution in [0, 0.1) is 21.7 Å². The molecule has 0 aromatic heterocycles. The van der Waals surface area contributed by atoms with Gasteiger partial charge in [-0.15, -0.1) is 0 Å². The van der Waals surface area contributed by atoms with Crippen molar-refractivity contribution in [3.63, 3.8) is 0 Å². The number of halogens is 2. The Morgan fingerprint density at radius 1 is 1.00 bits per heavy atom. The minimum absolute atomic E-state index is 0.0477. The van der Waals surface area contributed by atoms with Gasteiger partial charge in [0.2, 0.25) is 0 Å². The maximum Gasteiger partial charge on any atom is 0.272 e. The van der Waals surface area contributed by atoms with Gasteiger partial charge in [0.15, 0.2) is 11.6 Å². The number of non-ortho nitro benzene ring substituents is 1. The van der Waals surface area contributed by atoms with Crippen LogP contribution in [0.3, 0.4) is 0 Å². The van der Waals surface area contributed by atoms with Crippen LogP contribution in [0.2, 0.25) is 0 Å². The predicted octanol–water partition coefficient (Wildman–Crippen LogP) is 3.33. The zero-order chi connectivity index (χ0) is 15.2. The van der Waals surface area contributed by atoms with Gasteiger partial charge in [0.05, 0.1) is 11.0 Å². The molecular weight excluding hydrogens is 284 g/mol. The number of benzene rings is 2. The largest absolute Gasteiger partial charge is 0.490 e. The highest BCUT2D eigenvalue weighted by Gasteiger charge is 2.11. The highest BCUT2D eigenvalue weighted by molar-refractivity contribution is 5.37. The number of nitro benzene ring substituents is 1. The Bertz CT molecular complexity index is 631. The highest BCUT2D eigenvalue weighted by Crippen LogP contribution is 2.22. The van der Waals surface area contributed by atoms with Gasteiger partial charge in [0, 0.05) is 6.07 Å². The van der Waals surface area contributed by atoms with Crippen LogP contribution < -0.4 is 9.47 Å². The lowest BCUT2D eigenvalue weighted by atomic mass is 10.3. The number of rotatable bonds is 6. The third kappa shape index (κ3) is 4.13. The lowest BCUT2D eigenvalue weighted by Crippen LogP contribution is -2.09. The first-order chi connectivity index (χ1) is 10.1. The number of nitrogens with zero attached hydrogens (tertiary/aromatic N) is 1. The van der Waals surface area contributed by atoms with Crippen molar-refractivity contribution < 1.29 is 23.2 Å². The molecule has 0 radical (unpaired) electrons. The Labute approximate surface area is 118 Å². The molecule has 0 aliphatic carbocycles. The summed E-state index contributed by atoms with van der Waals surface area (Å²) in [6.45, 7) is 0.175. The first-order valence-corrected chi connectivity index (χ1v) is 6.01. The van der Waals surface area contributed by atoms with Gasteiger partial charge in [0.1, 0.15) is 24.8 Å². The Balaban J connectivity index is 1.83. The zero-order valence-corrected chi connectivity index (χ0v) is 10.8. The smallest absolute Gasteiger partial charge is 0.272 e. The fraction of sp³-hybridized carbons (Fsp3) is 0.143. The molecule has 0 amide bonds. The minimum atomic E-state index is -0.814. The van der Waals surface area contributed by atoms with Crippen molar-refractivity contribution in [1.82, 2.24) is 0 Å². The normalized spacial score (nSPS) is 10.2. The molecule has 0 saturated carbocycles. The molecule has 2 aromatic rings. The van der Waals surface area contributed by atoms with E-state index in [1.54, 1.807) is 0 Å². The molecule has 5 nitrogen and oxygen atoms in total. The summed E-state index contributed by atoms with van der Waals surface area (Å²) >= 11 is 0. The monoisotopic (exact) mass is 295 g/mol. The second kappa shape index (κ2) is 6.65. The van der Waals surface area contributed by atoms with Crippen LogP contribution in [0.15, 0.2) is 42.5 Å². The number of ether oxygens (including phenoxy) is 2. The highest BCUT2D eigenvalue weighted by atomic mass is 19.1. The lowest BCUT2D eigenvalue weighted by Gasteiger charge is -2.08. The summed E-state index contributed by atoms with van der Waals surface area (Å²) in [6.07, 6.45) is 0. The third-order valence-electron chi connectivity index (χ3n) is 2.55. The van der Waals surface area contributed by atoms with Gasteiger partial charge in [-0.05, 0) is 30.3 Å². The quantitative estimate of drug-likeness (QED) is 0.466. The molecule has 0 N–H and O–H groups in total. The topological polar surface area (TPSA) is 61.6 Å². The Hall–Kier alpha value is -2.70. The molecule has 7 heteroatoms. The van der Waals surface area contributed by atoms with Crippen molar-refractivity contribution >= 4 is 5.69 Å². The Morgan fingerprint density at radius 3 is 2.29 bits per heavy atom. The zero-order valence-electron chi connectivity index (χ0n) is 10.8. The molecule has 0 fully saturated rings. The summed E-state index contributed by atoms with van der Waals surface area (Å²) in [4.78, 5) is 9.77. The first-order valence-electron chi connectivity index (χ1n) is 6.01. The fourth-order valence-electron chi connectivity index (χ4n) is 1.56. The minimum Gasteiger partial charge on any atom is -0.490 e. The third-order valence-corrected chi connectivity index (χ3v) is 2.55. The molecule has 0 heterocycles. The Morgan fingerprint density at radius 2 is 1.67 bits per heavy atom. The summed E-state index contributed by atoms with van der Waals surface area (Å²) in [6, 6.07) is 8.56. The summed E-state index contributed by atoms with van der Waals surface area (Å²) in [5.41, 5.74) is -0.345. The van der Waals surface area contributed by atoms with Crippen molar-refractivity contribution in [3.8, 4) is 11.5 Å². The summed E-state index contributed by atoms with van der Waals surface area (Å²) in [5, 5.41) is 10.5. The second-order valence-electron chi connectivity index (χ2n) is 4.02. The van der Waals surface area contributed by atoms with Crippen molar-refractivity contribution in [3.05, 3.63) is 64.2 Å². The van der Waals surface area contributed by atoms with Gasteiger partial charge >= 0.3 is 0 Å². The van der Waals surface area contributed by atoms with Crippen LogP contribution in [0.1, 0.15) is 0 Å². The van der Waals surface area contributed by atoms with Crippen molar-refractivity contribution in [2.45, 2.75) is 0 Å². The van der Waals surface area contributed by atoms with Crippen LogP contribution in [0.5, 0.6) is 11.5 Å². The van der Waals surface area contributed by atoms with E-state index in [0.717, 1.165) is 12.1 Å². The molecule has 21 heavy (non-hydrogen) atoms. The predicted molar refractivity (Wildman–Crippen MR) is 70.4 cm³/mol. The van der Waals surface area contributed by atoms with Crippen LogP contribution in [0.25, 0.3) is 0 Å². The molecule has 2 rings (SSSR count). The average Bonchev–Trinajstić information content (AvgIpc) is 2.46. The molecule has 0 bridgehead atoms. The average molecular weight is 295 g/mol. The molecule has 0 unspecified atom stereocenters. The van der Waals surface area contributed by atoms with Gasteiger partial charge in [0.25, 0.3) is 5.69 Å². The summed E-state index contributed by atoms with van der Waals surface area (Å²) in [5.74, 6) is -0.815. The van der Waals surface area contributed by atoms with Gasteiger partial charge in [-0.3, -0.25) is 10.1 Å². The van der Waals surface area contributed by atoms with Crippen molar-refractivity contribution in [1.29, 1.82) is 0 Å². The van der Waals surface area contributed by atoms with E-state index in [4.69, 9.17) is 9.47 Å². The van der Waals surface area contributed by atoms with E-state index < -0.39 is 10.7 Å². The van der Waals surface area contributed by atoms with Crippen molar-refractivity contribution in [2.75, 3.05) is 13.2 Å². The van der Waals surface area contributed by atoms with E-state index in [2.05, 4.69) is 0 Å². The van der Waals surface area contributed by atoms with Crippen molar-refractivity contribution in [2.24, 2.45) is 0 Å². The summed E-state index contributed by atoms with van der Waals surface area (Å²) in [7, 11) is 0. The number of hydrogen-bond donors (Lipinski definition) is 0. The Kier molecular flexibility index (Phi) is 4.65. The first kappa shape index (κ1) is 14.7. The molecule has 0 aliphatic rings.